The minimum absolute atomic E-state index is 0.114. The second-order valence-electron chi connectivity index (χ2n) is 6.81. The quantitative estimate of drug-likeness (QED) is 0.565. The SMILES string of the molecule is CSc1nc(C)cc(N2CCC(CN(C)S(=O)(=O)C3CC3)CC2)n1. The van der Waals surface area contributed by atoms with Crippen molar-refractivity contribution in [2.24, 2.45) is 5.92 Å². The van der Waals surface area contributed by atoms with E-state index in [0.29, 0.717) is 12.5 Å². The molecule has 1 saturated carbocycles. The molecule has 8 heteroatoms. The van der Waals surface area contributed by atoms with Gasteiger partial charge in [-0.25, -0.2) is 22.7 Å². The topological polar surface area (TPSA) is 66.4 Å². The van der Waals surface area contributed by atoms with E-state index in [1.165, 1.54) is 0 Å². The van der Waals surface area contributed by atoms with Crippen molar-refractivity contribution < 1.29 is 8.42 Å². The molecule has 1 aliphatic carbocycles. The average Bonchev–Trinajstić information content (AvgIpc) is 3.40. The summed E-state index contributed by atoms with van der Waals surface area (Å²) in [6.07, 6.45) is 5.65. The zero-order chi connectivity index (χ0) is 17.3. The molecule has 3 rings (SSSR count). The first-order valence-electron chi connectivity index (χ1n) is 8.50. The minimum atomic E-state index is -3.05. The van der Waals surface area contributed by atoms with E-state index in [1.807, 2.05) is 19.2 Å². The van der Waals surface area contributed by atoms with E-state index in [4.69, 9.17) is 0 Å². The zero-order valence-corrected chi connectivity index (χ0v) is 16.2. The molecule has 0 atom stereocenters. The third-order valence-corrected chi connectivity index (χ3v) is 7.72. The Balaban J connectivity index is 1.57. The van der Waals surface area contributed by atoms with Crippen LogP contribution in [0.25, 0.3) is 0 Å². The molecular weight excluding hydrogens is 344 g/mol. The number of rotatable bonds is 6. The summed E-state index contributed by atoms with van der Waals surface area (Å²) in [4.78, 5) is 11.3. The minimum Gasteiger partial charge on any atom is -0.356 e. The predicted octanol–water partition coefficient (Wildman–Crippen LogP) is 2.15. The van der Waals surface area contributed by atoms with Crippen molar-refractivity contribution >= 4 is 27.6 Å². The van der Waals surface area contributed by atoms with Crippen molar-refractivity contribution in [3.63, 3.8) is 0 Å². The van der Waals surface area contributed by atoms with Gasteiger partial charge >= 0.3 is 0 Å². The summed E-state index contributed by atoms with van der Waals surface area (Å²) < 4.78 is 26.1. The first kappa shape index (κ1) is 17.9. The highest BCUT2D eigenvalue weighted by atomic mass is 32.2. The molecule has 2 aliphatic rings. The average molecular weight is 371 g/mol. The second-order valence-corrected chi connectivity index (χ2v) is 9.90. The summed E-state index contributed by atoms with van der Waals surface area (Å²) in [7, 11) is -1.31. The van der Waals surface area contributed by atoms with Crippen LogP contribution in [-0.4, -0.2) is 60.9 Å². The summed E-state index contributed by atoms with van der Waals surface area (Å²) >= 11 is 1.56. The standard InChI is InChI=1S/C16H26N4O2S2/c1-12-10-15(18-16(17-12)23-3)20-8-6-13(7-9-20)11-19(2)24(21,22)14-4-5-14/h10,13-14H,4-9,11H2,1-3H3. The molecule has 6 nitrogen and oxygen atoms in total. The van der Waals surface area contributed by atoms with Crippen molar-refractivity contribution in [3.8, 4) is 0 Å². The van der Waals surface area contributed by atoms with Crippen LogP contribution in [0.1, 0.15) is 31.4 Å². The van der Waals surface area contributed by atoms with Gasteiger partial charge in [0.15, 0.2) is 5.16 Å². The Morgan fingerprint density at radius 3 is 2.50 bits per heavy atom. The second kappa shape index (κ2) is 7.17. The summed E-state index contributed by atoms with van der Waals surface area (Å²) in [6, 6.07) is 2.03. The number of piperidine rings is 1. The van der Waals surface area contributed by atoms with Crippen LogP contribution in [0.2, 0.25) is 0 Å². The van der Waals surface area contributed by atoms with E-state index in [2.05, 4.69) is 14.9 Å². The Kier molecular flexibility index (Phi) is 5.36. The molecule has 2 fully saturated rings. The zero-order valence-electron chi connectivity index (χ0n) is 14.6. The lowest BCUT2D eigenvalue weighted by Crippen LogP contribution is -2.40. The number of hydrogen-bond donors (Lipinski definition) is 0. The first-order valence-corrected chi connectivity index (χ1v) is 11.2. The Morgan fingerprint density at radius 2 is 1.92 bits per heavy atom. The third-order valence-electron chi connectivity index (χ3n) is 4.84. The van der Waals surface area contributed by atoms with Gasteiger partial charge in [-0.3, -0.25) is 0 Å². The highest BCUT2D eigenvalue weighted by molar-refractivity contribution is 7.98. The van der Waals surface area contributed by atoms with E-state index in [1.54, 1.807) is 23.1 Å². The molecule has 0 N–H and O–H groups in total. The van der Waals surface area contributed by atoms with Gasteiger partial charge in [-0.1, -0.05) is 11.8 Å². The largest absolute Gasteiger partial charge is 0.356 e. The highest BCUT2D eigenvalue weighted by Crippen LogP contribution is 2.32. The van der Waals surface area contributed by atoms with E-state index < -0.39 is 10.0 Å². The maximum absolute atomic E-state index is 12.3. The normalized spacial score (nSPS) is 19.9. The summed E-state index contributed by atoms with van der Waals surface area (Å²) in [5, 5.41) is 0.693. The van der Waals surface area contributed by atoms with Gasteiger partial charge in [-0.15, -0.1) is 0 Å². The van der Waals surface area contributed by atoms with Crippen LogP contribution in [0.4, 0.5) is 5.82 Å². The van der Waals surface area contributed by atoms with Crippen molar-refractivity contribution in [2.45, 2.75) is 43.0 Å². The Labute approximate surface area is 149 Å². The van der Waals surface area contributed by atoms with Gasteiger partial charge in [-0.2, -0.15) is 0 Å². The summed E-state index contributed by atoms with van der Waals surface area (Å²) in [5.41, 5.74) is 0.988. The first-order chi connectivity index (χ1) is 11.4. The molecular formula is C16H26N4O2S2. The fourth-order valence-corrected chi connectivity index (χ4v) is 5.29. The molecule has 1 aromatic heterocycles. The smallest absolute Gasteiger partial charge is 0.216 e. The van der Waals surface area contributed by atoms with Gasteiger partial charge in [0.2, 0.25) is 10.0 Å². The molecule has 2 heterocycles. The van der Waals surface area contributed by atoms with E-state index in [0.717, 1.165) is 55.4 Å². The molecule has 0 aromatic carbocycles. The van der Waals surface area contributed by atoms with Crippen molar-refractivity contribution in [1.82, 2.24) is 14.3 Å². The number of sulfonamides is 1. The molecule has 0 spiro atoms. The number of aryl methyl sites for hydroxylation is 1. The number of anilines is 1. The Hall–Kier alpha value is -0.860. The fraction of sp³-hybridized carbons (Fsp3) is 0.750. The number of thioether (sulfide) groups is 1. The molecule has 0 unspecified atom stereocenters. The molecule has 0 bridgehead atoms. The summed E-state index contributed by atoms with van der Waals surface area (Å²) in [6.45, 7) is 4.49. The predicted molar refractivity (Wildman–Crippen MR) is 98.1 cm³/mol. The molecule has 134 valence electrons. The van der Waals surface area contributed by atoms with Crippen LogP contribution in [-0.2, 0) is 10.0 Å². The molecule has 24 heavy (non-hydrogen) atoms. The van der Waals surface area contributed by atoms with Crippen LogP contribution in [0.15, 0.2) is 11.2 Å². The third kappa shape index (κ3) is 4.03. The maximum atomic E-state index is 12.3. The van der Waals surface area contributed by atoms with Crippen molar-refractivity contribution in [3.05, 3.63) is 11.8 Å². The molecule has 1 saturated heterocycles. The monoisotopic (exact) mass is 370 g/mol. The molecule has 0 amide bonds. The molecule has 0 radical (unpaired) electrons. The van der Waals surface area contributed by atoms with E-state index >= 15 is 0 Å². The Bertz CT molecular complexity index is 683. The van der Waals surface area contributed by atoms with Gasteiger partial charge in [0.05, 0.1) is 5.25 Å². The van der Waals surface area contributed by atoms with Crippen LogP contribution in [0, 0.1) is 12.8 Å². The fourth-order valence-electron chi connectivity index (χ4n) is 3.21. The number of aromatic nitrogens is 2. The van der Waals surface area contributed by atoms with Gasteiger partial charge in [0, 0.05) is 38.4 Å². The van der Waals surface area contributed by atoms with Gasteiger partial charge in [-0.05, 0) is 44.8 Å². The van der Waals surface area contributed by atoms with Crippen LogP contribution >= 0.6 is 11.8 Å². The lowest BCUT2D eigenvalue weighted by Gasteiger charge is -2.34. The van der Waals surface area contributed by atoms with E-state index in [9.17, 15) is 8.42 Å². The summed E-state index contributed by atoms with van der Waals surface area (Å²) in [5.74, 6) is 1.42. The lowest BCUT2D eigenvalue weighted by molar-refractivity contribution is 0.327. The van der Waals surface area contributed by atoms with E-state index in [-0.39, 0.29) is 5.25 Å². The van der Waals surface area contributed by atoms with Gasteiger partial charge in [0.1, 0.15) is 5.82 Å². The van der Waals surface area contributed by atoms with Crippen LogP contribution < -0.4 is 4.90 Å². The lowest BCUT2D eigenvalue weighted by atomic mass is 9.97. The van der Waals surface area contributed by atoms with Crippen LogP contribution in [0.3, 0.4) is 0 Å². The molecule has 1 aliphatic heterocycles. The van der Waals surface area contributed by atoms with Crippen molar-refractivity contribution in [2.75, 3.05) is 37.8 Å². The Morgan fingerprint density at radius 1 is 1.25 bits per heavy atom. The number of nitrogens with zero attached hydrogens (tertiary/aromatic N) is 4. The van der Waals surface area contributed by atoms with Crippen LogP contribution in [0.5, 0.6) is 0 Å². The highest BCUT2D eigenvalue weighted by Gasteiger charge is 2.39. The van der Waals surface area contributed by atoms with Crippen molar-refractivity contribution in [1.29, 1.82) is 0 Å². The maximum Gasteiger partial charge on any atom is 0.216 e. The molecule has 1 aromatic rings. The van der Waals surface area contributed by atoms with Gasteiger partial charge in [0.25, 0.3) is 0 Å². The number of hydrogen-bond acceptors (Lipinski definition) is 6. The van der Waals surface area contributed by atoms with Gasteiger partial charge < -0.3 is 4.90 Å².